The van der Waals surface area contributed by atoms with Crippen molar-refractivity contribution >= 4 is 23.4 Å². The molecular weight excluding hydrogens is 372 g/mol. The van der Waals surface area contributed by atoms with Crippen LogP contribution in [0.5, 0.6) is 0 Å². The monoisotopic (exact) mass is 400 g/mol. The van der Waals surface area contributed by atoms with Crippen LogP contribution in [0.2, 0.25) is 5.02 Å². The number of carbonyl (C=O) groups is 2. The van der Waals surface area contributed by atoms with Gasteiger partial charge in [0.15, 0.2) is 0 Å². The van der Waals surface area contributed by atoms with Crippen molar-refractivity contribution in [3.05, 3.63) is 70.7 Å². The molecule has 0 radical (unpaired) electrons. The molecule has 2 rings (SSSR count). The molecule has 0 spiro atoms. The zero-order valence-electron chi connectivity index (χ0n) is 17.0. The summed E-state index contributed by atoms with van der Waals surface area (Å²) in [4.78, 5) is 27.8. The first kappa shape index (κ1) is 22.0. The molecule has 5 heteroatoms. The normalized spacial score (nSPS) is 12.3. The summed E-state index contributed by atoms with van der Waals surface area (Å²) >= 11 is 6.33. The molecule has 2 aromatic carbocycles. The summed E-state index contributed by atoms with van der Waals surface area (Å²) in [6.45, 7) is 8.01. The van der Waals surface area contributed by atoms with Gasteiger partial charge in [0.05, 0.1) is 6.42 Å². The van der Waals surface area contributed by atoms with Crippen molar-refractivity contribution in [1.82, 2.24) is 10.2 Å². The highest BCUT2D eigenvalue weighted by Crippen LogP contribution is 2.21. The van der Waals surface area contributed by atoms with Crippen LogP contribution >= 0.6 is 11.6 Å². The first-order valence-electron chi connectivity index (χ1n) is 9.60. The van der Waals surface area contributed by atoms with Crippen LogP contribution in [0.25, 0.3) is 0 Å². The summed E-state index contributed by atoms with van der Waals surface area (Å²) in [7, 11) is 0. The van der Waals surface area contributed by atoms with Gasteiger partial charge < -0.3 is 10.2 Å². The molecule has 0 aliphatic carbocycles. The van der Waals surface area contributed by atoms with Crippen molar-refractivity contribution < 1.29 is 9.59 Å². The van der Waals surface area contributed by atoms with Crippen LogP contribution in [-0.4, -0.2) is 28.3 Å². The molecule has 0 aliphatic heterocycles. The van der Waals surface area contributed by atoms with Gasteiger partial charge in [-0.2, -0.15) is 0 Å². The third-order valence-electron chi connectivity index (χ3n) is 4.38. The molecule has 1 atom stereocenters. The van der Waals surface area contributed by atoms with E-state index in [1.165, 1.54) is 0 Å². The van der Waals surface area contributed by atoms with Gasteiger partial charge in [0, 0.05) is 17.1 Å². The molecule has 0 bridgehead atoms. The minimum Gasteiger partial charge on any atom is -0.350 e. The van der Waals surface area contributed by atoms with Crippen LogP contribution < -0.4 is 5.32 Å². The summed E-state index contributed by atoms with van der Waals surface area (Å²) in [5.41, 5.74) is 1.37. The Morgan fingerprint density at radius 2 is 1.64 bits per heavy atom. The van der Waals surface area contributed by atoms with Crippen molar-refractivity contribution in [3.8, 4) is 0 Å². The Hall–Kier alpha value is -2.33. The Morgan fingerprint density at radius 3 is 2.21 bits per heavy atom. The number of hydrogen-bond acceptors (Lipinski definition) is 2. The zero-order valence-corrected chi connectivity index (χ0v) is 17.8. The van der Waals surface area contributed by atoms with E-state index < -0.39 is 6.04 Å². The summed E-state index contributed by atoms with van der Waals surface area (Å²) in [6, 6.07) is 16.4. The first-order chi connectivity index (χ1) is 13.2. The van der Waals surface area contributed by atoms with Crippen LogP contribution in [-0.2, 0) is 22.6 Å². The van der Waals surface area contributed by atoms with Crippen molar-refractivity contribution in [2.75, 3.05) is 0 Å². The number of carbonyl (C=O) groups excluding carboxylic acids is 2. The van der Waals surface area contributed by atoms with E-state index in [1.807, 2.05) is 76.2 Å². The van der Waals surface area contributed by atoms with Crippen molar-refractivity contribution in [2.24, 2.45) is 0 Å². The molecular formula is C23H29ClN2O2. The van der Waals surface area contributed by atoms with Gasteiger partial charge in [0.1, 0.15) is 6.04 Å². The lowest BCUT2D eigenvalue weighted by Crippen LogP contribution is -2.53. The molecule has 0 saturated carbocycles. The number of benzene rings is 2. The van der Waals surface area contributed by atoms with Gasteiger partial charge in [-0.25, -0.2) is 0 Å². The molecule has 2 amide bonds. The number of halogens is 1. The standard InChI is InChI=1S/C23H29ClN2O2/c1-5-20(22(28)25-23(2,3)4)26(16-18-13-9-10-14-19(18)24)21(27)15-17-11-7-6-8-12-17/h6-14,20H,5,15-16H2,1-4H3,(H,25,28)/t20-/m0/s1. The van der Waals surface area contributed by atoms with Crippen LogP contribution in [0.15, 0.2) is 54.6 Å². The molecule has 0 unspecified atom stereocenters. The summed E-state index contributed by atoms with van der Waals surface area (Å²) < 4.78 is 0. The minimum atomic E-state index is -0.563. The molecule has 0 heterocycles. The highest BCUT2D eigenvalue weighted by atomic mass is 35.5. The third kappa shape index (κ3) is 6.38. The zero-order chi connectivity index (χ0) is 20.7. The van der Waals surface area contributed by atoms with Gasteiger partial charge in [-0.1, -0.05) is 67.1 Å². The molecule has 0 fully saturated rings. The molecule has 0 aromatic heterocycles. The highest BCUT2D eigenvalue weighted by molar-refractivity contribution is 6.31. The largest absolute Gasteiger partial charge is 0.350 e. The second-order valence-electron chi connectivity index (χ2n) is 7.94. The van der Waals surface area contributed by atoms with Crippen molar-refractivity contribution in [2.45, 2.75) is 58.7 Å². The lowest BCUT2D eigenvalue weighted by atomic mass is 10.0. The van der Waals surface area contributed by atoms with Gasteiger partial charge in [-0.15, -0.1) is 0 Å². The third-order valence-corrected chi connectivity index (χ3v) is 4.75. The van der Waals surface area contributed by atoms with E-state index in [9.17, 15) is 9.59 Å². The average molecular weight is 401 g/mol. The lowest BCUT2D eigenvalue weighted by Gasteiger charge is -2.33. The maximum atomic E-state index is 13.2. The second-order valence-corrected chi connectivity index (χ2v) is 8.35. The van der Waals surface area contributed by atoms with Crippen LogP contribution in [0.3, 0.4) is 0 Å². The van der Waals surface area contributed by atoms with E-state index in [4.69, 9.17) is 11.6 Å². The van der Waals surface area contributed by atoms with Crippen molar-refractivity contribution in [1.29, 1.82) is 0 Å². The topological polar surface area (TPSA) is 49.4 Å². The quantitative estimate of drug-likeness (QED) is 0.738. The number of amides is 2. The molecule has 150 valence electrons. The van der Waals surface area contributed by atoms with Gasteiger partial charge in [-0.3, -0.25) is 9.59 Å². The predicted molar refractivity (Wildman–Crippen MR) is 114 cm³/mol. The maximum absolute atomic E-state index is 13.2. The Balaban J connectivity index is 2.32. The fourth-order valence-corrected chi connectivity index (χ4v) is 3.25. The Labute approximate surface area is 172 Å². The second kappa shape index (κ2) is 9.74. The fourth-order valence-electron chi connectivity index (χ4n) is 3.05. The number of nitrogens with zero attached hydrogens (tertiary/aromatic N) is 1. The number of hydrogen-bond donors (Lipinski definition) is 1. The number of rotatable bonds is 7. The molecule has 4 nitrogen and oxygen atoms in total. The Bertz CT molecular complexity index is 800. The van der Waals surface area contributed by atoms with E-state index in [-0.39, 0.29) is 23.8 Å². The molecule has 28 heavy (non-hydrogen) atoms. The number of nitrogens with one attached hydrogen (secondary N) is 1. The first-order valence-corrected chi connectivity index (χ1v) is 9.98. The summed E-state index contributed by atoms with van der Waals surface area (Å²) in [5.74, 6) is -0.245. The Morgan fingerprint density at radius 1 is 1.04 bits per heavy atom. The molecule has 0 saturated heterocycles. The predicted octanol–water partition coefficient (Wildman–Crippen LogP) is 4.60. The molecule has 2 aromatic rings. The van der Waals surface area contributed by atoms with Gasteiger partial charge in [0.2, 0.25) is 11.8 Å². The lowest BCUT2D eigenvalue weighted by molar-refractivity contribution is -0.141. The minimum absolute atomic E-state index is 0.0953. The molecule has 1 N–H and O–H groups in total. The van der Waals surface area contributed by atoms with Gasteiger partial charge in [0.25, 0.3) is 0 Å². The van der Waals surface area contributed by atoms with E-state index in [0.29, 0.717) is 18.0 Å². The van der Waals surface area contributed by atoms with E-state index in [2.05, 4.69) is 5.32 Å². The molecule has 0 aliphatic rings. The van der Waals surface area contributed by atoms with Gasteiger partial charge in [-0.05, 0) is 44.4 Å². The smallest absolute Gasteiger partial charge is 0.243 e. The SMILES string of the molecule is CC[C@@H](C(=O)NC(C)(C)C)N(Cc1ccccc1Cl)C(=O)Cc1ccccc1. The fraction of sp³-hybridized carbons (Fsp3) is 0.391. The Kier molecular flexibility index (Phi) is 7.64. The van der Waals surface area contributed by atoms with Crippen LogP contribution in [0, 0.1) is 0 Å². The summed E-state index contributed by atoms with van der Waals surface area (Å²) in [5, 5.41) is 3.59. The van der Waals surface area contributed by atoms with E-state index in [0.717, 1.165) is 11.1 Å². The van der Waals surface area contributed by atoms with E-state index in [1.54, 1.807) is 11.0 Å². The van der Waals surface area contributed by atoms with Gasteiger partial charge >= 0.3 is 0 Å². The maximum Gasteiger partial charge on any atom is 0.243 e. The van der Waals surface area contributed by atoms with Crippen LogP contribution in [0.1, 0.15) is 45.2 Å². The average Bonchev–Trinajstić information content (AvgIpc) is 2.62. The van der Waals surface area contributed by atoms with Crippen molar-refractivity contribution in [3.63, 3.8) is 0 Å². The summed E-state index contributed by atoms with van der Waals surface area (Å²) in [6.07, 6.45) is 0.761. The van der Waals surface area contributed by atoms with E-state index >= 15 is 0 Å². The highest BCUT2D eigenvalue weighted by Gasteiger charge is 2.30. The van der Waals surface area contributed by atoms with Crippen LogP contribution in [0.4, 0.5) is 0 Å².